The van der Waals surface area contributed by atoms with E-state index in [1.54, 1.807) is 25.0 Å². The van der Waals surface area contributed by atoms with E-state index in [9.17, 15) is 9.59 Å². The third kappa shape index (κ3) is 2.94. The summed E-state index contributed by atoms with van der Waals surface area (Å²) >= 11 is 1.68. The van der Waals surface area contributed by atoms with Gasteiger partial charge in [-0.25, -0.2) is 4.79 Å². The second-order valence-corrected chi connectivity index (χ2v) is 7.06. The average Bonchev–Trinajstić information content (AvgIpc) is 2.60. The summed E-state index contributed by atoms with van der Waals surface area (Å²) in [6, 6.07) is 9.94. The third-order valence-electron chi connectivity index (χ3n) is 4.29. The Hall–Kier alpha value is -2.21. The first-order valence-corrected chi connectivity index (χ1v) is 8.83. The summed E-state index contributed by atoms with van der Waals surface area (Å²) in [6.45, 7) is 1.97. The van der Waals surface area contributed by atoms with Gasteiger partial charge < -0.3 is 0 Å². The summed E-state index contributed by atoms with van der Waals surface area (Å²) in [7, 11) is 3.19. The van der Waals surface area contributed by atoms with Gasteiger partial charge in [0, 0.05) is 10.7 Å². The van der Waals surface area contributed by atoms with Crippen LogP contribution >= 0.6 is 11.8 Å². The molecule has 0 saturated carbocycles. The summed E-state index contributed by atoms with van der Waals surface area (Å²) in [5.41, 5.74) is 2.27. The Labute approximate surface area is 145 Å². The van der Waals surface area contributed by atoms with Crippen molar-refractivity contribution in [2.24, 2.45) is 10.9 Å². The number of aryl methyl sites for hydroxylation is 1. The summed E-state index contributed by atoms with van der Waals surface area (Å²) < 4.78 is 1.47. The van der Waals surface area contributed by atoms with Crippen molar-refractivity contribution in [1.29, 1.82) is 0 Å². The van der Waals surface area contributed by atoms with Crippen LogP contribution in [0.1, 0.15) is 12.5 Å². The molecule has 0 bridgehead atoms. The number of nitrogens with zero attached hydrogens (tertiary/aromatic N) is 3. The van der Waals surface area contributed by atoms with Gasteiger partial charge in [-0.15, -0.1) is 16.8 Å². The highest BCUT2D eigenvalue weighted by atomic mass is 32.2. The molecule has 24 heavy (non-hydrogen) atoms. The molecule has 1 aromatic carbocycles. The lowest BCUT2D eigenvalue weighted by atomic mass is 9.99. The van der Waals surface area contributed by atoms with Crippen molar-refractivity contribution < 1.29 is 14.2 Å². The van der Waals surface area contributed by atoms with E-state index >= 15 is 0 Å². The zero-order valence-electron chi connectivity index (χ0n) is 14.0. The SMILES string of the molecule is CC1=C(SCCc2ccccc2)C2C(=O)N(C)C(=O)[N+](C)=C2N=C1. The highest BCUT2D eigenvalue weighted by Crippen LogP contribution is 2.34. The molecule has 3 rings (SSSR count). The van der Waals surface area contributed by atoms with E-state index in [2.05, 4.69) is 17.1 Å². The van der Waals surface area contributed by atoms with Crippen LogP contribution in [0, 0.1) is 5.92 Å². The maximum atomic E-state index is 12.6. The number of fused-ring (bicyclic) bond motifs is 1. The van der Waals surface area contributed by atoms with Crippen LogP contribution < -0.4 is 0 Å². The number of rotatable bonds is 4. The van der Waals surface area contributed by atoms with Gasteiger partial charge in [0.25, 0.3) is 5.84 Å². The minimum Gasteiger partial charge on any atom is -0.255 e. The Morgan fingerprint density at radius 3 is 2.67 bits per heavy atom. The largest absolute Gasteiger partial charge is 0.445 e. The van der Waals surface area contributed by atoms with Gasteiger partial charge in [0.2, 0.25) is 0 Å². The molecule has 5 nitrogen and oxygen atoms in total. The van der Waals surface area contributed by atoms with Crippen molar-refractivity contribution >= 4 is 35.8 Å². The van der Waals surface area contributed by atoms with Crippen LogP contribution in [0.2, 0.25) is 0 Å². The molecule has 1 unspecified atom stereocenters. The fraction of sp³-hybridized carbons (Fsp3) is 0.333. The minimum absolute atomic E-state index is 0.202. The van der Waals surface area contributed by atoms with Gasteiger partial charge in [-0.05, 0) is 24.5 Å². The minimum atomic E-state index is -0.469. The molecule has 0 saturated heterocycles. The molecule has 0 N–H and O–H groups in total. The van der Waals surface area contributed by atoms with E-state index in [0.29, 0.717) is 5.84 Å². The van der Waals surface area contributed by atoms with E-state index in [1.807, 2.05) is 25.1 Å². The Kier molecular flexibility index (Phi) is 4.66. The number of aliphatic imine (C=N–C) groups is 1. The standard InChI is InChI=1S/C18H20N3O2S/c1-12-11-19-16-14(17(22)21(3)18(23)20(16)2)15(12)24-10-9-13-7-5-4-6-8-13/h4-8,11,14H,9-10H2,1-3H3/q+1. The molecule has 0 radical (unpaired) electrons. The molecule has 2 aliphatic rings. The molecule has 0 aliphatic carbocycles. The quantitative estimate of drug-likeness (QED) is 0.790. The fourth-order valence-electron chi connectivity index (χ4n) is 2.88. The molecule has 0 fully saturated rings. The Balaban J connectivity index is 1.82. The number of thioether (sulfide) groups is 1. The van der Waals surface area contributed by atoms with E-state index < -0.39 is 5.92 Å². The third-order valence-corrected chi connectivity index (χ3v) is 5.56. The average molecular weight is 342 g/mol. The number of amidine groups is 1. The first kappa shape index (κ1) is 16.6. The number of allylic oxidation sites excluding steroid dienone is 1. The second-order valence-electron chi connectivity index (χ2n) is 5.92. The van der Waals surface area contributed by atoms with Gasteiger partial charge in [0.15, 0.2) is 5.92 Å². The second kappa shape index (κ2) is 6.73. The number of dihydropyridines is 1. The van der Waals surface area contributed by atoms with E-state index in [0.717, 1.165) is 22.7 Å². The Morgan fingerprint density at radius 2 is 1.96 bits per heavy atom. The highest BCUT2D eigenvalue weighted by Gasteiger charge is 2.47. The van der Waals surface area contributed by atoms with Crippen molar-refractivity contribution in [1.82, 2.24) is 4.90 Å². The smallest absolute Gasteiger partial charge is 0.255 e. The van der Waals surface area contributed by atoms with Crippen LogP contribution in [0.4, 0.5) is 4.79 Å². The van der Waals surface area contributed by atoms with Crippen molar-refractivity contribution in [3.05, 3.63) is 46.4 Å². The van der Waals surface area contributed by atoms with Crippen LogP contribution in [-0.2, 0) is 11.2 Å². The van der Waals surface area contributed by atoms with Gasteiger partial charge in [-0.1, -0.05) is 30.3 Å². The number of imide groups is 1. The lowest BCUT2D eigenvalue weighted by Crippen LogP contribution is -2.52. The Bertz CT molecular complexity index is 781. The summed E-state index contributed by atoms with van der Waals surface area (Å²) in [5.74, 6) is 0.731. The topological polar surface area (TPSA) is 52.8 Å². The number of carbonyl (C=O) groups is 2. The fourth-order valence-corrected chi connectivity index (χ4v) is 4.09. The van der Waals surface area contributed by atoms with E-state index in [-0.39, 0.29) is 11.9 Å². The van der Waals surface area contributed by atoms with Gasteiger partial charge in [-0.3, -0.25) is 4.79 Å². The van der Waals surface area contributed by atoms with E-state index in [1.165, 1.54) is 22.1 Å². The van der Waals surface area contributed by atoms with Crippen LogP contribution in [0.15, 0.2) is 45.8 Å². The van der Waals surface area contributed by atoms with E-state index in [4.69, 9.17) is 0 Å². The number of hydrogen-bond acceptors (Lipinski definition) is 4. The molecule has 1 atom stereocenters. The molecule has 2 aliphatic heterocycles. The number of benzene rings is 1. The lowest BCUT2D eigenvalue weighted by Gasteiger charge is -2.27. The van der Waals surface area contributed by atoms with Crippen LogP contribution in [0.3, 0.4) is 0 Å². The zero-order valence-corrected chi connectivity index (χ0v) is 14.8. The van der Waals surface area contributed by atoms with Crippen molar-refractivity contribution in [3.63, 3.8) is 0 Å². The highest BCUT2D eigenvalue weighted by molar-refractivity contribution is 8.03. The number of urea groups is 1. The number of hydrogen-bond donors (Lipinski definition) is 0. The van der Waals surface area contributed by atoms with Crippen molar-refractivity contribution in [2.45, 2.75) is 13.3 Å². The summed E-state index contributed by atoms with van der Waals surface area (Å²) in [5, 5.41) is 0. The molecule has 0 aromatic heterocycles. The van der Waals surface area contributed by atoms with Crippen molar-refractivity contribution in [3.8, 4) is 0 Å². The summed E-state index contributed by atoms with van der Waals surface area (Å²) in [4.78, 5) is 31.2. The van der Waals surface area contributed by atoms with Gasteiger partial charge >= 0.3 is 11.9 Å². The zero-order chi connectivity index (χ0) is 17.3. The van der Waals surface area contributed by atoms with Crippen molar-refractivity contribution in [2.75, 3.05) is 19.8 Å². The first-order chi connectivity index (χ1) is 11.5. The van der Waals surface area contributed by atoms with Crippen LogP contribution in [0.5, 0.6) is 0 Å². The number of carbonyl (C=O) groups excluding carboxylic acids is 2. The summed E-state index contributed by atoms with van der Waals surface area (Å²) in [6.07, 6.45) is 2.68. The lowest BCUT2D eigenvalue weighted by molar-refractivity contribution is -0.407. The number of amides is 3. The predicted octanol–water partition coefficient (Wildman–Crippen LogP) is 2.57. The molecule has 2 heterocycles. The molecule has 3 amide bonds. The molecule has 6 heteroatoms. The van der Waals surface area contributed by atoms with Crippen LogP contribution in [0.25, 0.3) is 0 Å². The molecular weight excluding hydrogens is 322 g/mol. The van der Waals surface area contributed by atoms with Gasteiger partial charge in [0.05, 0.1) is 14.1 Å². The maximum absolute atomic E-state index is 12.6. The molecular formula is C18H20N3O2S+. The Morgan fingerprint density at radius 1 is 1.25 bits per heavy atom. The predicted molar refractivity (Wildman–Crippen MR) is 96.6 cm³/mol. The van der Waals surface area contributed by atoms with Crippen LogP contribution in [-0.4, -0.2) is 53.3 Å². The molecule has 124 valence electrons. The maximum Gasteiger partial charge on any atom is 0.445 e. The normalized spacial score (nSPS) is 20.8. The molecule has 0 spiro atoms. The van der Waals surface area contributed by atoms with Gasteiger partial charge in [-0.2, -0.15) is 9.48 Å². The first-order valence-electron chi connectivity index (χ1n) is 7.84. The molecule has 1 aromatic rings. The monoisotopic (exact) mass is 342 g/mol. The van der Waals surface area contributed by atoms with Gasteiger partial charge in [0.1, 0.15) is 6.21 Å².